The Hall–Kier alpha value is -2.83. The Labute approximate surface area is 146 Å². The molecule has 1 aliphatic rings. The Kier molecular flexibility index (Phi) is 5.02. The Morgan fingerprint density at radius 1 is 1.36 bits per heavy atom. The van der Waals surface area contributed by atoms with E-state index in [1.807, 2.05) is 30.3 Å². The average molecular weight is 342 g/mol. The lowest BCUT2D eigenvalue weighted by atomic mass is 9.91. The smallest absolute Gasteiger partial charge is 0.354 e. The molecule has 1 fully saturated rings. The minimum absolute atomic E-state index is 0.00678. The Bertz CT molecular complexity index is 744. The number of aromatic amines is 1. The van der Waals surface area contributed by atoms with Crippen LogP contribution in [0.5, 0.6) is 0 Å². The molecule has 1 unspecified atom stereocenters. The lowest BCUT2D eigenvalue weighted by Crippen LogP contribution is -2.45. The monoisotopic (exact) mass is 342 g/mol. The normalized spacial score (nSPS) is 17.3. The highest BCUT2D eigenvalue weighted by Gasteiger charge is 2.29. The van der Waals surface area contributed by atoms with Gasteiger partial charge in [-0.05, 0) is 18.4 Å². The van der Waals surface area contributed by atoms with E-state index in [1.165, 1.54) is 0 Å². The molecule has 1 aromatic heterocycles. The largest absolute Gasteiger partial charge is 0.477 e. The number of piperidine rings is 1. The topological polar surface area (TPSA) is 89.5 Å². The molecule has 7 nitrogen and oxygen atoms in total. The number of likely N-dealkylation sites (tertiary alicyclic amines) is 1. The average Bonchev–Trinajstić information content (AvgIpc) is 3.12. The zero-order valence-corrected chi connectivity index (χ0v) is 14.2. The van der Waals surface area contributed by atoms with Crippen molar-refractivity contribution in [3.63, 3.8) is 0 Å². The first-order chi connectivity index (χ1) is 12.1. The zero-order valence-electron chi connectivity index (χ0n) is 14.2. The molecule has 2 amide bonds. The number of aromatic nitrogens is 2. The third-order valence-electron chi connectivity index (χ3n) is 4.60. The third-order valence-corrected chi connectivity index (χ3v) is 4.60. The number of H-pyrrole nitrogens is 1. The van der Waals surface area contributed by atoms with Crippen LogP contribution in [0.1, 0.15) is 40.4 Å². The molecule has 2 aromatic rings. The maximum atomic E-state index is 12.7. The molecule has 25 heavy (non-hydrogen) atoms. The van der Waals surface area contributed by atoms with Gasteiger partial charge in [-0.1, -0.05) is 30.3 Å². The summed E-state index contributed by atoms with van der Waals surface area (Å²) in [7, 11) is 1.79. The summed E-state index contributed by atoms with van der Waals surface area (Å²) in [6, 6.07) is 9.81. The van der Waals surface area contributed by atoms with Gasteiger partial charge in [-0.25, -0.2) is 9.59 Å². The summed E-state index contributed by atoms with van der Waals surface area (Å²) in [6.45, 7) is 1.75. The molecular weight excluding hydrogens is 320 g/mol. The van der Waals surface area contributed by atoms with Gasteiger partial charge in [0.25, 0.3) is 0 Å². The quantitative estimate of drug-likeness (QED) is 0.893. The van der Waals surface area contributed by atoms with Gasteiger partial charge in [0.1, 0.15) is 5.69 Å². The first-order valence-electron chi connectivity index (χ1n) is 8.36. The molecule has 0 spiro atoms. The van der Waals surface area contributed by atoms with Crippen molar-refractivity contribution >= 4 is 12.0 Å². The number of aromatic carboxylic acids is 1. The van der Waals surface area contributed by atoms with Gasteiger partial charge in [-0.2, -0.15) is 5.10 Å². The second-order valence-electron chi connectivity index (χ2n) is 6.41. The van der Waals surface area contributed by atoms with Gasteiger partial charge in [0.15, 0.2) is 0 Å². The van der Waals surface area contributed by atoms with Gasteiger partial charge in [0.05, 0.1) is 6.20 Å². The van der Waals surface area contributed by atoms with Crippen molar-refractivity contribution in [2.24, 2.45) is 0 Å². The van der Waals surface area contributed by atoms with Crippen LogP contribution in [0, 0.1) is 0 Å². The maximum Gasteiger partial charge on any atom is 0.354 e. The van der Waals surface area contributed by atoms with Gasteiger partial charge in [0, 0.05) is 38.2 Å². The number of hydrogen-bond acceptors (Lipinski definition) is 3. The summed E-state index contributed by atoms with van der Waals surface area (Å²) >= 11 is 0. The van der Waals surface area contributed by atoms with Crippen molar-refractivity contribution in [2.75, 3.05) is 20.1 Å². The molecule has 0 saturated carbocycles. The number of carbonyl (C=O) groups is 2. The van der Waals surface area contributed by atoms with Gasteiger partial charge in [-0.15, -0.1) is 0 Å². The third kappa shape index (κ3) is 3.81. The second kappa shape index (κ2) is 7.38. The molecule has 132 valence electrons. The molecule has 1 aromatic carbocycles. The van der Waals surface area contributed by atoms with Gasteiger partial charge >= 0.3 is 12.0 Å². The number of hydrogen-bond donors (Lipinski definition) is 2. The lowest BCUT2D eigenvalue weighted by molar-refractivity contribution is 0.0688. The first kappa shape index (κ1) is 17.0. The van der Waals surface area contributed by atoms with E-state index in [0.29, 0.717) is 25.2 Å². The fraction of sp³-hybridized carbons (Fsp3) is 0.389. The van der Waals surface area contributed by atoms with Crippen LogP contribution < -0.4 is 0 Å². The fourth-order valence-corrected chi connectivity index (χ4v) is 3.35. The van der Waals surface area contributed by atoms with Gasteiger partial charge < -0.3 is 14.9 Å². The predicted octanol–water partition coefficient (Wildman–Crippen LogP) is 2.54. The molecule has 0 aliphatic carbocycles. The summed E-state index contributed by atoms with van der Waals surface area (Å²) in [5.74, 6) is -1.02. The molecule has 7 heteroatoms. The number of nitrogens with zero attached hydrogens (tertiary/aromatic N) is 3. The summed E-state index contributed by atoms with van der Waals surface area (Å²) in [5, 5.41) is 15.7. The van der Waals surface area contributed by atoms with Crippen molar-refractivity contribution in [3.8, 4) is 0 Å². The molecule has 3 rings (SSSR count). The van der Waals surface area contributed by atoms with Crippen molar-refractivity contribution in [3.05, 3.63) is 53.3 Å². The number of carboxylic acids is 1. The van der Waals surface area contributed by atoms with E-state index in [-0.39, 0.29) is 17.6 Å². The van der Waals surface area contributed by atoms with Crippen LogP contribution in [0.15, 0.2) is 36.5 Å². The van der Waals surface area contributed by atoms with E-state index in [9.17, 15) is 14.7 Å². The molecule has 2 heterocycles. The van der Waals surface area contributed by atoms with E-state index in [2.05, 4.69) is 10.2 Å². The van der Waals surface area contributed by atoms with Gasteiger partial charge in [-0.3, -0.25) is 5.10 Å². The first-order valence-corrected chi connectivity index (χ1v) is 8.36. The van der Waals surface area contributed by atoms with Crippen LogP contribution >= 0.6 is 0 Å². The van der Waals surface area contributed by atoms with E-state index >= 15 is 0 Å². The highest BCUT2D eigenvalue weighted by atomic mass is 16.4. The molecule has 0 bridgehead atoms. The van der Waals surface area contributed by atoms with Crippen molar-refractivity contribution in [1.82, 2.24) is 20.0 Å². The maximum absolute atomic E-state index is 12.7. The van der Waals surface area contributed by atoms with Crippen LogP contribution in [0.4, 0.5) is 4.79 Å². The summed E-state index contributed by atoms with van der Waals surface area (Å²) in [6.07, 6.45) is 3.27. The van der Waals surface area contributed by atoms with Crippen LogP contribution in [0.3, 0.4) is 0 Å². The van der Waals surface area contributed by atoms with Crippen molar-refractivity contribution < 1.29 is 14.7 Å². The number of carbonyl (C=O) groups excluding carboxylic acids is 1. The Balaban J connectivity index is 1.67. The summed E-state index contributed by atoms with van der Waals surface area (Å²) in [4.78, 5) is 27.5. The number of benzene rings is 1. The van der Waals surface area contributed by atoms with E-state index in [4.69, 9.17) is 0 Å². The number of urea groups is 1. The van der Waals surface area contributed by atoms with E-state index in [0.717, 1.165) is 18.4 Å². The standard InChI is InChI=1S/C18H22N4O3/c1-21(11-13-6-3-2-4-7-13)18(25)22-9-5-8-14(12-22)15-10-19-20-16(15)17(23)24/h2-4,6-7,10,14H,5,8-9,11-12H2,1H3,(H,19,20)(H,23,24). The Morgan fingerprint density at radius 3 is 2.84 bits per heavy atom. The Morgan fingerprint density at radius 2 is 2.12 bits per heavy atom. The SMILES string of the molecule is CN(Cc1ccccc1)C(=O)N1CCCC(c2cn[nH]c2C(=O)O)C1. The minimum Gasteiger partial charge on any atom is -0.477 e. The van der Waals surface area contributed by atoms with Crippen LogP contribution in [-0.4, -0.2) is 57.2 Å². The van der Waals surface area contributed by atoms with E-state index < -0.39 is 5.97 Å². The molecule has 1 saturated heterocycles. The zero-order chi connectivity index (χ0) is 17.8. The molecule has 1 aliphatic heterocycles. The van der Waals surface area contributed by atoms with Crippen LogP contribution in [0.25, 0.3) is 0 Å². The molecule has 1 atom stereocenters. The number of carboxylic acid groups (broad SMARTS) is 1. The van der Waals surface area contributed by atoms with Gasteiger partial charge in [0.2, 0.25) is 0 Å². The number of amides is 2. The van der Waals surface area contributed by atoms with Crippen molar-refractivity contribution in [1.29, 1.82) is 0 Å². The van der Waals surface area contributed by atoms with E-state index in [1.54, 1.807) is 23.0 Å². The summed E-state index contributed by atoms with van der Waals surface area (Å²) in [5.41, 5.74) is 1.88. The minimum atomic E-state index is -1.02. The highest BCUT2D eigenvalue weighted by molar-refractivity contribution is 5.87. The molecule has 2 N–H and O–H groups in total. The molecular formula is C18H22N4O3. The number of rotatable bonds is 4. The van der Waals surface area contributed by atoms with Crippen molar-refractivity contribution in [2.45, 2.75) is 25.3 Å². The molecule has 0 radical (unpaired) electrons. The highest BCUT2D eigenvalue weighted by Crippen LogP contribution is 2.29. The number of nitrogens with one attached hydrogen (secondary N) is 1. The second-order valence-corrected chi connectivity index (χ2v) is 6.41. The predicted molar refractivity (Wildman–Crippen MR) is 92.4 cm³/mol. The van der Waals surface area contributed by atoms with Crippen LogP contribution in [-0.2, 0) is 6.54 Å². The van der Waals surface area contributed by atoms with Crippen LogP contribution in [0.2, 0.25) is 0 Å². The summed E-state index contributed by atoms with van der Waals surface area (Å²) < 4.78 is 0. The lowest BCUT2D eigenvalue weighted by Gasteiger charge is -2.35. The fourth-order valence-electron chi connectivity index (χ4n) is 3.35.